The fourth-order valence-electron chi connectivity index (χ4n) is 1.64. The molecule has 1 aliphatic rings. The number of aromatic nitrogens is 2. The van der Waals surface area contributed by atoms with Gasteiger partial charge in [0, 0.05) is 45.0 Å². The summed E-state index contributed by atoms with van der Waals surface area (Å²) in [5.41, 5.74) is -0.839. The number of ether oxygens (including phenoxy) is 1. The molecular formula is C10H15N3O3. The fourth-order valence-corrected chi connectivity index (χ4v) is 1.64. The largest absolute Gasteiger partial charge is 0.388 e. The Balaban J connectivity index is 1.84. The van der Waals surface area contributed by atoms with Gasteiger partial charge in [-0.3, -0.25) is 4.57 Å². The van der Waals surface area contributed by atoms with Gasteiger partial charge in [-0.2, -0.15) is 0 Å². The summed E-state index contributed by atoms with van der Waals surface area (Å²) in [4.78, 5) is 15.3. The molecule has 1 aliphatic heterocycles. The molecule has 1 aromatic heterocycles. The first-order valence-electron chi connectivity index (χ1n) is 5.26. The van der Waals surface area contributed by atoms with Crippen LogP contribution in [0.4, 0.5) is 4.79 Å². The first-order chi connectivity index (χ1) is 7.70. The predicted molar refractivity (Wildman–Crippen MR) is 56.0 cm³/mol. The second kappa shape index (κ2) is 4.63. The second-order valence-electron chi connectivity index (χ2n) is 3.97. The molecule has 0 aliphatic carbocycles. The Kier molecular flexibility index (Phi) is 3.21. The van der Waals surface area contributed by atoms with E-state index in [2.05, 4.69) is 10.3 Å². The van der Waals surface area contributed by atoms with Crippen LogP contribution in [0, 0.1) is 0 Å². The summed E-state index contributed by atoms with van der Waals surface area (Å²) >= 11 is 0. The maximum Gasteiger partial charge on any atom is 0.326 e. The molecule has 6 nitrogen and oxygen atoms in total. The van der Waals surface area contributed by atoms with Crippen molar-refractivity contribution in [1.29, 1.82) is 0 Å². The van der Waals surface area contributed by atoms with Gasteiger partial charge in [-0.05, 0) is 0 Å². The molecule has 0 unspecified atom stereocenters. The van der Waals surface area contributed by atoms with E-state index in [4.69, 9.17) is 4.74 Å². The average molecular weight is 225 g/mol. The van der Waals surface area contributed by atoms with Gasteiger partial charge in [0.05, 0.1) is 5.60 Å². The number of aliphatic hydroxyl groups is 1. The van der Waals surface area contributed by atoms with Crippen LogP contribution in [-0.4, -0.2) is 46.0 Å². The minimum atomic E-state index is -0.839. The lowest BCUT2D eigenvalue weighted by molar-refractivity contribution is -0.0600. The van der Waals surface area contributed by atoms with Crippen molar-refractivity contribution in [2.75, 3.05) is 19.8 Å². The van der Waals surface area contributed by atoms with E-state index in [1.165, 1.54) is 17.1 Å². The maximum atomic E-state index is 11.6. The van der Waals surface area contributed by atoms with Crippen LogP contribution < -0.4 is 5.32 Å². The van der Waals surface area contributed by atoms with Gasteiger partial charge in [-0.25, -0.2) is 9.78 Å². The molecule has 0 spiro atoms. The Morgan fingerprint density at radius 2 is 2.31 bits per heavy atom. The number of hydrogen-bond acceptors (Lipinski definition) is 4. The molecule has 88 valence electrons. The maximum absolute atomic E-state index is 11.6. The topological polar surface area (TPSA) is 76.4 Å². The Hall–Kier alpha value is -1.40. The molecule has 0 atom stereocenters. The van der Waals surface area contributed by atoms with Gasteiger partial charge < -0.3 is 15.2 Å². The predicted octanol–water partition coefficient (Wildman–Crippen LogP) is -0.0177. The molecule has 6 heteroatoms. The number of rotatable bonds is 2. The number of hydrogen-bond donors (Lipinski definition) is 2. The Labute approximate surface area is 93.2 Å². The zero-order valence-electron chi connectivity index (χ0n) is 8.93. The summed E-state index contributed by atoms with van der Waals surface area (Å²) < 4.78 is 6.49. The van der Waals surface area contributed by atoms with Crippen LogP contribution in [0.2, 0.25) is 0 Å². The van der Waals surface area contributed by atoms with Gasteiger partial charge in [-0.1, -0.05) is 0 Å². The van der Waals surface area contributed by atoms with Crippen LogP contribution >= 0.6 is 0 Å². The summed E-state index contributed by atoms with van der Waals surface area (Å²) in [6.45, 7) is 1.32. The highest BCUT2D eigenvalue weighted by molar-refractivity contribution is 5.76. The Morgan fingerprint density at radius 3 is 2.94 bits per heavy atom. The monoisotopic (exact) mass is 225 g/mol. The van der Waals surface area contributed by atoms with Crippen molar-refractivity contribution >= 4 is 6.03 Å². The molecular weight excluding hydrogens is 210 g/mol. The van der Waals surface area contributed by atoms with Crippen molar-refractivity contribution in [2.24, 2.45) is 0 Å². The third-order valence-corrected chi connectivity index (χ3v) is 2.73. The molecule has 1 fully saturated rings. The van der Waals surface area contributed by atoms with Crippen LogP contribution in [0.1, 0.15) is 12.8 Å². The van der Waals surface area contributed by atoms with Crippen LogP contribution in [-0.2, 0) is 4.74 Å². The molecule has 0 radical (unpaired) electrons. The summed E-state index contributed by atoms with van der Waals surface area (Å²) in [5, 5.41) is 12.8. The summed E-state index contributed by atoms with van der Waals surface area (Å²) in [6, 6.07) is -0.280. The van der Waals surface area contributed by atoms with E-state index in [1.807, 2.05) is 0 Å². The van der Waals surface area contributed by atoms with E-state index in [1.54, 1.807) is 6.20 Å². The van der Waals surface area contributed by atoms with Crippen molar-refractivity contribution in [3.05, 3.63) is 18.7 Å². The normalized spacial score (nSPS) is 19.3. The van der Waals surface area contributed by atoms with E-state index in [0.717, 1.165) is 0 Å². The minimum Gasteiger partial charge on any atom is -0.388 e. The number of carbonyl (C=O) groups excluding carboxylic acids is 1. The lowest BCUT2D eigenvalue weighted by Gasteiger charge is -2.31. The van der Waals surface area contributed by atoms with Crippen LogP contribution in [0.5, 0.6) is 0 Å². The number of nitrogens with zero attached hydrogens (tertiary/aromatic N) is 2. The van der Waals surface area contributed by atoms with Crippen LogP contribution in [0.15, 0.2) is 18.7 Å². The van der Waals surface area contributed by atoms with Gasteiger partial charge in [0.2, 0.25) is 0 Å². The van der Waals surface area contributed by atoms with Gasteiger partial charge in [0.15, 0.2) is 0 Å². The number of carbonyl (C=O) groups is 1. The molecule has 16 heavy (non-hydrogen) atoms. The second-order valence-corrected chi connectivity index (χ2v) is 3.97. The van der Waals surface area contributed by atoms with E-state index in [-0.39, 0.29) is 12.6 Å². The summed E-state index contributed by atoms with van der Waals surface area (Å²) in [5.74, 6) is 0. The first kappa shape index (κ1) is 11.1. The highest BCUT2D eigenvalue weighted by Crippen LogP contribution is 2.19. The highest BCUT2D eigenvalue weighted by atomic mass is 16.5. The minimum absolute atomic E-state index is 0.243. The Bertz CT molecular complexity index is 344. The smallest absolute Gasteiger partial charge is 0.326 e. The van der Waals surface area contributed by atoms with Crippen molar-refractivity contribution in [2.45, 2.75) is 18.4 Å². The fraction of sp³-hybridized carbons (Fsp3) is 0.600. The molecule has 2 heterocycles. The van der Waals surface area contributed by atoms with E-state index in [0.29, 0.717) is 26.1 Å². The molecule has 1 aromatic rings. The molecule has 1 saturated heterocycles. The van der Waals surface area contributed by atoms with Crippen LogP contribution in [0.3, 0.4) is 0 Å². The lowest BCUT2D eigenvalue weighted by Crippen LogP contribution is -2.47. The third-order valence-electron chi connectivity index (χ3n) is 2.73. The van der Waals surface area contributed by atoms with Crippen LogP contribution in [0.25, 0.3) is 0 Å². The number of nitrogens with one attached hydrogen (secondary N) is 1. The zero-order valence-corrected chi connectivity index (χ0v) is 8.93. The molecule has 2 rings (SSSR count). The van der Waals surface area contributed by atoms with E-state index in [9.17, 15) is 9.90 Å². The quantitative estimate of drug-likeness (QED) is 0.741. The molecule has 0 saturated carbocycles. The highest BCUT2D eigenvalue weighted by Gasteiger charge is 2.30. The first-order valence-corrected chi connectivity index (χ1v) is 5.26. The Morgan fingerprint density at radius 1 is 1.56 bits per heavy atom. The number of imidazole rings is 1. The van der Waals surface area contributed by atoms with Crippen molar-refractivity contribution in [1.82, 2.24) is 14.9 Å². The standard InChI is InChI=1S/C10H15N3O3/c14-9(13-4-3-11-8-13)12-7-10(15)1-5-16-6-2-10/h3-4,8,15H,1-2,5-7H2,(H,12,14). The molecule has 0 aromatic carbocycles. The van der Waals surface area contributed by atoms with Gasteiger partial charge in [0.25, 0.3) is 0 Å². The van der Waals surface area contributed by atoms with Gasteiger partial charge in [-0.15, -0.1) is 0 Å². The van der Waals surface area contributed by atoms with E-state index < -0.39 is 5.60 Å². The average Bonchev–Trinajstić information content (AvgIpc) is 2.80. The summed E-state index contributed by atoms with van der Waals surface area (Å²) in [7, 11) is 0. The molecule has 1 amide bonds. The van der Waals surface area contributed by atoms with Crippen molar-refractivity contribution in [3.63, 3.8) is 0 Å². The number of amides is 1. The SMILES string of the molecule is O=C(NCC1(O)CCOCC1)n1ccnc1. The van der Waals surface area contributed by atoms with E-state index >= 15 is 0 Å². The molecule has 0 bridgehead atoms. The van der Waals surface area contributed by atoms with Gasteiger partial charge in [0.1, 0.15) is 6.33 Å². The third kappa shape index (κ3) is 2.59. The molecule has 2 N–H and O–H groups in total. The van der Waals surface area contributed by atoms with Gasteiger partial charge >= 0.3 is 6.03 Å². The van der Waals surface area contributed by atoms with Crippen molar-refractivity contribution in [3.8, 4) is 0 Å². The zero-order chi connectivity index (χ0) is 11.4. The summed E-state index contributed by atoms with van der Waals surface area (Å²) in [6.07, 6.45) is 5.61. The van der Waals surface area contributed by atoms with Crippen molar-refractivity contribution < 1.29 is 14.6 Å². The lowest BCUT2D eigenvalue weighted by atomic mass is 9.94.